The first-order valence-electron chi connectivity index (χ1n) is 9.07. The third-order valence-corrected chi connectivity index (χ3v) is 4.90. The predicted octanol–water partition coefficient (Wildman–Crippen LogP) is 3.08. The summed E-state index contributed by atoms with van der Waals surface area (Å²) in [6.07, 6.45) is 3.22. The van der Waals surface area contributed by atoms with Gasteiger partial charge in [-0.2, -0.15) is 0 Å². The van der Waals surface area contributed by atoms with Crippen molar-refractivity contribution in [3.05, 3.63) is 65.0 Å². The largest absolute Gasteiger partial charge is 0.341 e. The molecule has 0 N–H and O–H groups in total. The summed E-state index contributed by atoms with van der Waals surface area (Å²) in [4.78, 5) is 32.4. The molecule has 2 aromatic carbocycles. The molecule has 3 aromatic rings. The predicted molar refractivity (Wildman–Crippen MR) is 102 cm³/mol. The fraction of sp³-hybridized carbons (Fsp3) is 0.286. The molecule has 1 aromatic heterocycles. The van der Waals surface area contributed by atoms with Gasteiger partial charge in [0.1, 0.15) is 12.4 Å². The molecule has 1 aliphatic heterocycles. The topological polar surface area (TPSA) is 55.2 Å². The van der Waals surface area contributed by atoms with Crippen molar-refractivity contribution in [2.24, 2.45) is 0 Å². The lowest BCUT2D eigenvalue weighted by Gasteiger charge is -2.27. The van der Waals surface area contributed by atoms with Crippen LogP contribution in [-0.2, 0) is 11.3 Å². The van der Waals surface area contributed by atoms with E-state index in [-0.39, 0.29) is 18.0 Å². The first-order valence-corrected chi connectivity index (χ1v) is 9.07. The Morgan fingerprint density at radius 2 is 1.62 bits per heavy atom. The number of carbonyl (C=O) groups is 1. The van der Waals surface area contributed by atoms with Crippen molar-refractivity contribution in [2.45, 2.75) is 25.8 Å². The number of amides is 1. The van der Waals surface area contributed by atoms with Crippen LogP contribution in [0.4, 0.5) is 0 Å². The number of para-hydroxylation sites is 1. The second-order valence-electron chi connectivity index (χ2n) is 6.65. The molecule has 5 nitrogen and oxygen atoms in total. The molecule has 1 fully saturated rings. The minimum absolute atomic E-state index is 0.0129. The van der Waals surface area contributed by atoms with Crippen molar-refractivity contribution in [2.75, 3.05) is 13.1 Å². The van der Waals surface area contributed by atoms with Crippen LogP contribution in [0.1, 0.15) is 19.3 Å². The molecule has 2 heterocycles. The van der Waals surface area contributed by atoms with E-state index in [1.807, 2.05) is 53.4 Å². The van der Waals surface area contributed by atoms with Crippen molar-refractivity contribution in [1.29, 1.82) is 0 Å². The number of rotatable bonds is 3. The highest BCUT2D eigenvalue weighted by Crippen LogP contribution is 2.19. The number of nitrogens with zero attached hydrogens (tertiary/aromatic N) is 3. The van der Waals surface area contributed by atoms with Crippen LogP contribution < -0.4 is 5.56 Å². The Labute approximate surface area is 151 Å². The number of fused-ring (bicyclic) bond motifs is 1. The molecule has 0 saturated carbocycles. The summed E-state index contributed by atoms with van der Waals surface area (Å²) in [7, 11) is 0. The Morgan fingerprint density at radius 3 is 2.38 bits per heavy atom. The number of aromatic nitrogens is 2. The smallest absolute Gasteiger partial charge is 0.262 e. The molecule has 0 bridgehead atoms. The summed E-state index contributed by atoms with van der Waals surface area (Å²) in [5.41, 5.74) is 1.32. The van der Waals surface area contributed by atoms with Crippen LogP contribution in [-0.4, -0.2) is 33.4 Å². The van der Waals surface area contributed by atoms with Crippen LogP contribution in [0.25, 0.3) is 22.3 Å². The summed E-state index contributed by atoms with van der Waals surface area (Å²) in [6, 6.07) is 16.9. The number of piperidine rings is 1. The fourth-order valence-electron chi connectivity index (χ4n) is 3.50. The molecular weight excluding hydrogens is 326 g/mol. The first kappa shape index (κ1) is 16.5. The SMILES string of the molecule is O=C(Cn1c(-c2ccccc2)nc2ccccc2c1=O)N1CCCCC1. The van der Waals surface area contributed by atoms with Crippen molar-refractivity contribution in [1.82, 2.24) is 14.5 Å². The number of carbonyl (C=O) groups excluding carboxylic acids is 1. The molecule has 0 radical (unpaired) electrons. The highest BCUT2D eigenvalue weighted by Gasteiger charge is 2.20. The average molecular weight is 347 g/mol. The van der Waals surface area contributed by atoms with E-state index in [0.29, 0.717) is 16.7 Å². The molecule has 0 spiro atoms. The average Bonchev–Trinajstić information content (AvgIpc) is 2.71. The summed E-state index contributed by atoms with van der Waals surface area (Å²) < 4.78 is 1.52. The number of likely N-dealkylation sites (tertiary alicyclic amines) is 1. The van der Waals surface area contributed by atoms with Gasteiger partial charge in [0.15, 0.2) is 0 Å². The van der Waals surface area contributed by atoms with Gasteiger partial charge < -0.3 is 4.90 Å². The molecule has 0 aliphatic carbocycles. The summed E-state index contributed by atoms with van der Waals surface area (Å²) in [5.74, 6) is 0.528. The van der Waals surface area contributed by atoms with Gasteiger partial charge in [-0.1, -0.05) is 42.5 Å². The second-order valence-corrected chi connectivity index (χ2v) is 6.65. The molecule has 1 saturated heterocycles. The normalized spacial score (nSPS) is 14.5. The number of hydrogen-bond acceptors (Lipinski definition) is 3. The quantitative estimate of drug-likeness (QED) is 0.732. The molecular formula is C21H21N3O2. The number of benzene rings is 2. The maximum absolute atomic E-state index is 13.1. The Kier molecular flexibility index (Phi) is 4.52. The highest BCUT2D eigenvalue weighted by molar-refractivity contribution is 5.81. The lowest BCUT2D eigenvalue weighted by Crippen LogP contribution is -2.40. The molecule has 132 valence electrons. The number of hydrogen-bond donors (Lipinski definition) is 0. The lowest BCUT2D eigenvalue weighted by molar-refractivity contribution is -0.132. The van der Waals surface area contributed by atoms with E-state index < -0.39 is 0 Å². The van der Waals surface area contributed by atoms with E-state index in [0.717, 1.165) is 37.9 Å². The zero-order chi connectivity index (χ0) is 17.9. The van der Waals surface area contributed by atoms with Crippen molar-refractivity contribution in [3.8, 4) is 11.4 Å². The van der Waals surface area contributed by atoms with Crippen LogP contribution in [0.3, 0.4) is 0 Å². The Bertz CT molecular complexity index is 989. The summed E-state index contributed by atoms with van der Waals surface area (Å²) in [5, 5.41) is 0.540. The van der Waals surface area contributed by atoms with E-state index in [2.05, 4.69) is 0 Å². The molecule has 26 heavy (non-hydrogen) atoms. The van der Waals surface area contributed by atoms with Crippen LogP contribution in [0.5, 0.6) is 0 Å². The van der Waals surface area contributed by atoms with E-state index in [1.165, 1.54) is 4.57 Å². The second kappa shape index (κ2) is 7.12. The first-order chi connectivity index (χ1) is 12.7. The zero-order valence-electron chi connectivity index (χ0n) is 14.6. The summed E-state index contributed by atoms with van der Waals surface area (Å²) in [6.45, 7) is 1.57. The zero-order valence-corrected chi connectivity index (χ0v) is 14.6. The van der Waals surface area contributed by atoms with Crippen molar-refractivity contribution in [3.63, 3.8) is 0 Å². The molecule has 0 atom stereocenters. The van der Waals surface area contributed by atoms with Crippen LogP contribution >= 0.6 is 0 Å². The minimum Gasteiger partial charge on any atom is -0.341 e. The molecule has 5 heteroatoms. The Morgan fingerprint density at radius 1 is 0.923 bits per heavy atom. The van der Waals surface area contributed by atoms with E-state index >= 15 is 0 Å². The van der Waals surface area contributed by atoms with Gasteiger partial charge >= 0.3 is 0 Å². The third-order valence-electron chi connectivity index (χ3n) is 4.90. The van der Waals surface area contributed by atoms with Gasteiger partial charge in [0, 0.05) is 18.7 Å². The van der Waals surface area contributed by atoms with Gasteiger partial charge in [-0.05, 0) is 31.4 Å². The van der Waals surface area contributed by atoms with E-state index in [9.17, 15) is 9.59 Å². The van der Waals surface area contributed by atoms with E-state index in [4.69, 9.17) is 4.98 Å². The van der Waals surface area contributed by atoms with Gasteiger partial charge in [0.05, 0.1) is 10.9 Å². The maximum Gasteiger partial charge on any atom is 0.262 e. The minimum atomic E-state index is -0.167. The Balaban J connectivity index is 1.82. The third kappa shape index (κ3) is 3.12. The van der Waals surface area contributed by atoms with Crippen LogP contribution in [0.15, 0.2) is 59.4 Å². The van der Waals surface area contributed by atoms with Gasteiger partial charge in [-0.3, -0.25) is 14.2 Å². The van der Waals surface area contributed by atoms with Crippen molar-refractivity contribution < 1.29 is 4.79 Å². The van der Waals surface area contributed by atoms with Gasteiger partial charge in [-0.15, -0.1) is 0 Å². The highest BCUT2D eigenvalue weighted by atomic mass is 16.2. The standard InChI is InChI=1S/C21H21N3O2/c25-19(23-13-7-2-8-14-23)15-24-20(16-9-3-1-4-10-16)22-18-12-6-5-11-17(18)21(24)26/h1,3-6,9-12H,2,7-8,13-15H2. The monoisotopic (exact) mass is 347 g/mol. The molecule has 4 rings (SSSR count). The molecule has 0 unspecified atom stereocenters. The molecule has 1 amide bonds. The lowest BCUT2D eigenvalue weighted by atomic mass is 10.1. The van der Waals surface area contributed by atoms with Crippen molar-refractivity contribution >= 4 is 16.8 Å². The van der Waals surface area contributed by atoms with Crippen LogP contribution in [0, 0.1) is 0 Å². The Hall–Kier alpha value is -2.95. The van der Waals surface area contributed by atoms with E-state index in [1.54, 1.807) is 6.07 Å². The van der Waals surface area contributed by atoms with Crippen LogP contribution in [0.2, 0.25) is 0 Å². The van der Waals surface area contributed by atoms with Gasteiger partial charge in [-0.25, -0.2) is 4.98 Å². The maximum atomic E-state index is 13.1. The summed E-state index contributed by atoms with van der Waals surface area (Å²) >= 11 is 0. The van der Waals surface area contributed by atoms with Gasteiger partial charge in [0.2, 0.25) is 5.91 Å². The molecule has 1 aliphatic rings. The fourth-order valence-corrected chi connectivity index (χ4v) is 3.50. The van der Waals surface area contributed by atoms with Gasteiger partial charge in [0.25, 0.3) is 5.56 Å².